The minimum atomic E-state index is 0.520. The van der Waals surface area contributed by atoms with E-state index in [1.807, 2.05) is 6.07 Å². The van der Waals surface area contributed by atoms with Crippen molar-refractivity contribution in [1.29, 1.82) is 0 Å². The SMILES string of the molecule is CC(CNC1CC1)NCc1ccc(Cl)s1. The number of halogens is 1. The van der Waals surface area contributed by atoms with Crippen molar-refractivity contribution in [3.8, 4) is 0 Å². The summed E-state index contributed by atoms with van der Waals surface area (Å²) in [5.74, 6) is 0. The molecule has 1 heterocycles. The van der Waals surface area contributed by atoms with Gasteiger partial charge in [-0.15, -0.1) is 11.3 Å². The van der Waals surface area contributed by atoms with Gasteiger partial charge >= 0.3 is 0 Å². The molecule has 2 rings (SSSR count). The zero-order valence-corrected chi connectivity index (χ0v) is 10.5. The van der Waals surface area contributed by atoms with Crippen LogP contribution in [0.2, 0.25) is 4.34 Å². The van der Waals surface area contributed by atoms with E-state index in [4.69, 9.17) is 11.6 Å². The molecule has 1 saturated carbocycles. The van der Waals surface area contributed by atoms with Crippen LogP contribution in [-0.2, 0) is 6.54 Å². The summed E-state index contributed by atoms with van der Waals surface area (Å²) in [5.41, 5.74) is 0. The molecule has 1 aliphatic carbocycles. The second-order valence-electron chi connectivity index (χ2n) is 4.17. The number of hydrogen-bond acceptors (Lipinski definition) is 3. The highest BCUT2D eigenvalue weighted by Crippen LogP contribution is 2.21. The summed E-state index contributed by atoms with van der Waals surface area (Å²) < 4.78 is 0.871. The third-order valence-electron chi connectivity index (χ3n) is 2.54. The molecule has 1 fully saturated rings. The number of thiophene rings is 1. The second-order valence-corrected chi connectivity index (χ2v) is 5.97. The Balaban J connectivity index is 1.63. The molecule has 1 aromatic rings. The molecule has 15 heavy (non-hydrogen) atoms. The number of hydrogen-bond donors (Lipinski definition) is 2. The van der Waals surface area contributed by atoms with Gasteiger partial charge in [0.2, 0.25) is 0 Å². The highest BCUT2D eigenvalue weighted by atomic mass is 35.5. The first-order valence-electron chi connectivity index (χ1n) is 5.45. The van der Waals surface area contributed by atoms with Crippen molar-refractivity contribution in [3.05, 3.63) is 21.3 Å². The van der Waals surface area contributed by atoms with E-state index >= 15 is 0 Å². The Bertz CT molecular complexity index is 309. The lowest BCUT2D eigenvalue weighted by Crippen LogP contribution is -2.36. The van der Waals surface area contributed by atoms with Crippen LogP contribution in [0.25, 0.3) is 0 Å². The Morgan fingerprint density at radius 1 is 1.53 bits per heavy atom. The highest BCUT2D eigenvalue weighted by Gasteiger charge is 2.20. The van der Waals surface area contributed by atoms with E-state index in [0.717, 1.165) is 23.5 Å². The van der Waals surface area contributed by atoms with Gasteiger partial charge in [-0.25, -0.2) is 0 Å². The average molecular weight is 245 g/mol. The number of nitrogens with one attached hydrogen (secondary N) is 2. The maximum atomic E-state index is 5.87. The lowest BCUT2D eigenvalue weighted by atomic mass is 10.3. The summed E-state index contributed by atoms with van der Waals surface area (Å²) in [6, 6.07) is 5.36. The first-order valence-corrected chi connectivity index (χ1v) is 6.64. The Hall–Kier alpha value is -0.0900. The number of rotatable bonds is 6. The van der Waals surface area contributed by atoms with Crippen LogP contribution in [0.1, 0.15) is 24.6 Å². The van der Waals surface area contributed by atoms with E-state index in [0.29, 0.717) is 6.04 Å². The summed E-state index contributed by atoms with van der Waals surface area (Å²) in [6.07, 6.45) is 2.71. The third kappa shape index (κ3) is 4.11. The van der Waals surface area contributed by atoms with Gasteiger partial charge in [0.1, 0.15) is 0 Å². The summed E-state index contributed by atoms with van der Waals surface area (Å²) in [6.45, 7) is 4.19. The molecule has 1 atom stereocenters. The van der Waals surface area contributed by atoms with Gasteiger partial charge in [0.05, 0.1) is 4.34 Å². The van der Waals surface area contributed by atoms with Gasteiger partial charge in [0.25, 0.3) is 0 Å². The molecule has 2 nitrogen and oxygen atoms in total. The summed E-state index contributed by atoms with van der Waals surface area (Å²) in [5, 5.41) is 7.00. The van der Waals surface area contributed by atoms with Gasteiger partial charge in [0.15, 0.2) is 0 Å². The lowest BCUT2D eigenvalue weighted by molar-refractivity contribution is 0.502. The topological polar surface area (TPSA) is 24.1 Å². The monoisotopic (exact) mass is 244 g/mol. The molecule has 0 amide bonds. The van der Waals surface area contributed by atoms with Crippen molar-refractivity contribution in [3.63, 3.8) is 0 Å². The summed E-state index contributed by atoms with van der Waals surface area (Å²) in [7, 11) is 0. The molecule has 0 radical (unpaired) electrons. The lowest BCUT2D eigenvalue weighted by Gasteiger charge is -2.13. The zero-order valence-electron chi connectivity index (χ0n) is 8.92. The molecular formula is C11H17ClN2S. The fraction of sp³-hybridized carbons (Fsp3) is 0.636. The Morgan fingerprint density at radius 3 is 2.93 bits per heavy atom. The minimum Gasteiger partial charge on any atom is -0.312 e. The molecular weight excluding hydrogens is 228 g/mol. The second kappa shape index (κ2) is 5.30. The van der Waals surface area contributed by atoms with E-state index in [1.165, 1.54) is 17.7 Å². The molecule has 0 aliphatic heterocycles. The molecule has 0 bridgehead atoms. The minimum absolute atomic E-state index is 0.520. The van der Waals surface area contributed by atoms with Gasteiger partial charge in [-0.2, -0.15) is 0 Å². The van der Waals surface area contributed by atoms with Crippen LogP contribution < -0.4 is 10.6 Å². The summed E-state index contributed by atoms with van der Waals surface area (Å²) in [4.78, 5) is 1.30. The van der Waals surface area contributed by atoms with Crippen molar-refractivity contribution in [2.75, 3.05) is 6.54 Å². The first kappa shape index (κ1) is 11.4. The van der Waals surface area contributed by atoms with Crippen LogP contribution >= 0.6 is 22.9 Å². The predicted octanol–water partition coefficient (Wildman–Crippen LogP) is 2.63. The maximum Gasteiger partial charge on any atom is 0.0931 e. The van der Waals surface area contributed by atoms with Crippen LogP contribution in [0.3, 0.4) is 0 Å². The van der Waals surface area contributed by atoms with Gasteiger partial charge in [-0.3, -0.25) is 0 Å². The first-order chi connectivity index (χ1) is 7.24. The van der Waals surface area contributed by atoms with E-state index in [1.54, 1.807) is 11.3 Å². The fourth-order valence-electron chi connectivity index (χ4n) is 1.42. The van der Waals surface area contributed by atoms with Crippen LogP contribution in [0, 0.1) is 0 Å². The average Bonchev–Trinajstić information content (AvgIpc) is 2.95. The maximum absolute atomic E-state index is 5.87. The van der Waals surface area contributed by atoms with E-state index in [2.05, 4.69) is 23.6 Å². The largest absolute Gasteiger partial charge is 0.312 e. The molecule has 1 aromatic heterocycles. The van der Waals surface area contributed by atoms with Crippen LogP contribution in [-0.4, -0.2) is 18.6 Å². The summed E-state index contributed by atoms with van der Waals surface area (Å²) >= 11 is 7.51. The van der Waals surface area contributed by atoms with Crippen LogP contribution in [0.4, 0.5) is 0 Å². The van der Waals surface area contributed by atoms with Gasteiger partial charge in [-0.1, -0.05) is 11.6 Å². The standard InChI is InChI=1S/C11H17ClN2S/c1-8(6-14-9-2-3-9)13-7-10-4-5-11(12)15-10/h4-5,8-9,13-14H,2-3,6-7H2,1H3. The van der Waals surface area contributed by atoms with Crippen molar-refractivity contribution in [2.24, 2.45) is 0 Å². The van der Waals surface area contributed by atoms with Gasteiger partial charge in [-0.05, 0) is 31.9 Å². The van der Waals surface area contributed by atoms with Crippen LogP contribution in [0.5, 0.6) is 0 Å². The molecule has 1 aliphatic rings. The molecule has 0 spiro atoms. The smallest absolute Gasteiger partial charge is 0.0931 e. The highest BCUT2D eigenvalue weighted by molar-refractivity contribution is 7.16. The van der Waals surface area contributed by atoms with Crippen molar-refractivity contribution in [1.82, 2.24) is 10.6 Å². The van der Waals surface area contributed by atoms with E-state index in [9.17, 15) is 0 Å². The normalized spacial score (nSPS) is 18.0. The van der Waals surface area contributed by atoms with E-state index < -0.39 is 0 Å². The molecule has 84 valence electrons. The van der Waals surface area contributed by atoms with Gasteiger partial charge < -0.3 is 10.6 Å². The van der Waals surface area contributed by atoms with Crippen molar-refractivity contribution >= 4 is 22.9 Å². The van der Waals surface area contributed by atoms with Gasteiger partial charge in [0, 0.05) is 30.1 Å². The Morgan fingerprint density at radius 2 is 2.33 bits per heavy atom. The molecule has 0 aromatic carbocycles. The van der Waals surface area contributed by atoms with Crippen LogP contribution in [0.15, 0.2) is 12.1 Å². The molecule has 1 unspecified atom stereocenters. The van der Waals surface area contributed by atoms with Crippen molar-refractivity contribution < 1.29 is 0 Å². The third-order valence-corrected chi connectivity index (χ3v) is 3.77. The zero-order chi connectivity index (χ0) is 10.7. The van der Waals surface area contributed by atoms with E-state index in [-0.39, 0.29) is 0 Å². The molecule has 2 N–H and O–H groups in total. The molecule has 4 heteroatoms. The molecule has 0 saturated heterocycles. The Labute approximate surface area is 100 Å². The predicted molar refractivity (Wildman–Crippen MR) is 66.7 cm³/mol. The quantitative estimate of drug-likeness (QED) is 0.804. The van der Waals surface area contributed by atoms with Crippen molar-refractivity contribution in [2.45, 2.75) is 38.4 Å². The Kier molecular flexibility index (Phi) is 4.03. The fourth-order valence-corrected chi connectivity index (χ4v) is 2.46.